The van der Waals surface area contributed by atoms with Crippen LogP contribution in [-0.2, 0) is 4.79 Å². The number of anilines is 1. The number of phenols is 1. The summed E-state index contributed by atoms with van der Waals surface area (Å²) in [5.41, 5.74) is 3.55. The molecule has 2 aromatic carbocycles. The summed E-state index contributed by atoms with van der Waals surface area (Å²) in [6, 6.07) is 12.5. The molecule has 0 aliphatic carbocycles. The van der Waals surface area contributed by atoms with Gasteiger partial charge in [-0.05, 0) is 55.3 Å². The van der Waals surface area contributed by atoms with E-state index < -0.39 is 6.10 Å². The van der Waals surface area contributed by atoms with E-state index in [0.29, 0.717) is 18.7 Å². The molecule has 5 nitrogen and oxygen atoms in total. The van der Waals surface area contributed by atoms with E-state index in [-0.39, 0.29) is 18.2 Å². The lowest BCUT2D eigenvalue weighted by atomic mass is 10.1. The van der Waals surface area contributed by atoms with Gasteiger partial charge in [0, 0.05) is 12.2 Å². The van der Waals surface area contributed by atoms with Gasteiger partial charge in [0.15, 0.2) is 0 Å². The Morgan fingerprint density at radius 3 is 2.64 bits per heavy atom. The van der Waals surface area contributed by atoms with Crippen LogP contribution in [-0.4, -0.2) is 40.7 Å². The SMILES string of the molecule is CCN(CC(=O)Nc1cc(C)ccc1C)C[C@@H](O)c1cccc(O)c1. The third kappa shape index (κ3) is 5.59. The average molecular weight is 342 g/mol. The second-order valence-electron chi connectivity index (χ2n) is 6.31. The lowest BCUT2D eigenvalue weighted by Crippen LogP contribution is -2.36. The van der Waals surface area contributed by atoms with Gasteiger partial charge in [0.1, 0.15) is 5.75 Å². The highest BCUT2D eigenvalue weighted by Gasteiger charge is 2.16. The van der Waals surface area contributed by atoms with E-state index in [0.717, 1.165) is 16.8 Å². The maximum Gasteiger partial charge on any atom is 0.238 e. The minimum atomic E-state index is -0.763. The fourth-order valence-electron chi connectivity index (χ4n) is 2.65. The van der Waals surface area contributed by atoms with Crippen molar-refractivity contribution in [3.8, 4) is 5.75 Å². The van der Waals surface area contributed by atoms with Gasteiger partial charge in [-0.15, -0.1) is 0 Å². The number of benzene rings is 2. The largest absolute Gasteiger partial charge is 0.508 e. The van der Waals surface area contributed by atoms with Crippen LogP contribution in [0.2, 0.25) is 0 Å². The summed E-state index contributed by atoms with van der Waals surface area (Å²) in [4.78, 5) is 14.2. The van der Waals surface area contributed by atoms with Gasteiger partial charge >= 0.3 is 0 Å². The third-order valence-corrected chi connectivity index (χ3v) is 4.17. The number of aliphatic hydroxyl groups excluding tert-OH is 1. The highest BCUT2D eigenvalue weighted by Crippen LogP contribution is 2.19. The van der Waals surface area contributed by atoms with Crippen LogP contribution in [0.4, 0.5) is 5.69 Å². The van der Waals surface area contributed by atoms with E-state index in [2.05, 4.69) is 5.32 Å². The predicted octanol–water partition coefficient (Wildman–Crippen LogP) is 3.00. The minimum Gasteiger partial charge on any atom is -0.508 e. The standard InChI is InChI=1S/C20H26N2O3/c1-4-22(12-19(24)16-6-5-7-17(23)11-16)13-20(25)21-18-10-14(2)8-9-15(18)3/h5-11,19,23-24H,4,12-13H2,1-3H3,(H,21,25)/t19-/m1/s1. The number of aryl methyl sites for hydroxylation is 2. The van der Waals surface area contributed by atoms with Crippen LogP contribution in [0.25, 0.3) is 0 Å². The molecule has 3 N–H and O–H groups in total. The van der Waals surface area contributed by atoms with E-state index in [4.69, 9.17) is 0 Å². The summed E-state index contributed by atoms with van der Waals surface area (Å²) >= 11 is 0. The monoisotopic (exact) mass is 342 g/mol. The van der Waals surface area contributed by atoms with Gasteiger partial charge in [0.2, 0.25) is 5.91 Å². The number of rotatable bonds is 7. The molecule has 0 spiro atoms. The van der Waals surface area contributed by atoms with Gasteiger partial charge in [-0.3, -0.25) is 9.69 Å². The highest BCUT2D eigenvalue weighted by atomic mass is 16.3. The number of nitrogens with one attached hydrogen (secondary N) is 1. The topological polar surface area (TPSA) is 72.8 Å². The minimum absolute atomic E-state index is 0.112. The summed E-state index contributed by atoms with van der Waals surface area (Å²) in [7, 11) is 0. The first-order chi connectivity index (χ1) is 11.9. The molecular weight excluding hydrogens is 316 g/mol. The number of hydrogen-bond donors (Lipinski definition) is 3. The Balaban J connectivity index is 1.96. The molecule has 134 valence electrons. The van der Waals surface area contributed by atoms with Crippen LogP contribution >= 0.6 is 0 Å². The van der Waals surface area contributed by atoms with E-state index in [1.807, 2.05) is 43.9 Å². The number of phenolic OH excluding ortho intramolecular Hbond substituents is 1. The third-order valence-electron chi connectivity index (χ3n) is 4.17. The van der Waals surface area contributed by atoms with E-state index in [1.165, 1.54) is 6.07 Å². The van der Waals surface area contributed by atoms with Crippen molar-refractivity contribution < 1.29 is 15.0 Å². The van der Waals surface area contributed by atoms with Crippen molar-refractivity contribution in [2.45, 2.75) is 26.9 Å². The summed E-state index contributed by atoms with van der Waals surface area (Å²) in [6.07, 6.45) is -0.763. The Bertz CT molecular complexity index is 731. The number of aliphatic hydroxyl groups is 1. The van der Waals surface area contributed by atoms with Gasteiger partial charge < -0.3 is 15.5 Å². The molecule has 1 amide bonds. The van der Waals surface area contributed by atoms with Gasteiger partial charge in [0.25, 0.3) is 0 Å². The van der Waals surface area contributed by atoms with Crippen LogP contribution in [0, 0.1) is 13.8 Å². The first kappa shape index (κ1) is 19.0. The molecule has 0 aliphatic rings. The Labute approximate surface area is 148 Å². The van der Waals surface area contributed by atoms with Crippen molar-refractivity contribution in [2.24, 2.45) is 0 Å². The Hall–Kier alpha value is -2.37. The number of nitrogens with zero attached hydrogens (tertiary/aromatic N) is 1. The van der Waals surface area contributed by atoms with E-state index in [1.54, 1.807) is 18.2 Å². The quantitative estimate of drug-likeness (QED) is 0.723. The number of aromatic hydroxyl groups is 1. The summed E-state index contributed by atoms with van der Waals surface area (Å²) in [5, 5.41) is 22.8. The Morgan fingerprint density at radius 1 is 1.20 bits per heavy atom. The number of carbonyl (C=O) groups excluding carboxylic acids is 1. The van der Waals surface area contributed by atoms with Crippen LogP contribution in [0.1, 0.15) is 29.7 Å². The second kappa shape index (κ2) is 8.65. The van der Waals surface area contributed by atoms with Crippen molar-refractivity contribution in [3.05, 3.63) is 59.2 Å². The summed E-state index contributed by atoms with van der Waals surface area (Å²) in [6.45, 7) is 7.04. The molecule has 0 heterocycles. The van der Waals surface area contributed by atoms with Crippen molar-refractivity contribution in [1.29, 1.82) is 0 Å². The molecule has 2 rings (SSSR count). The van der Waals surface area contributed by atoms with Gasteiger partial charge in [-0.1, -0.05) is 31.2 Å². The average Bonchev–Trinajstić information content (AvgIpc) is 2.57. The van der Waals surface area contributed by atoms with E-state index in [9.17, 15) is 15.0 Å². The molecule has 1 atom stereocenters. The van der Waals surface area contributed by atoms with Gasteiger partial charge in [-0.25, -0.2) is 0 Å². The summed E-state index contributed by atoms with van der Waals surface area (Å²) in [5.74, 6) is 0.00548. The first-order valence-corrected chi connectivity index (χ1v) is 8.45. The second-order valence-corrected chi connectivity index (χ2v) is 6.31. The number of amides is 1. The number of likely N-dealkylation sites (N-methyl/N-ethyl adjacent to an activating group) is 1. The molecule has 2 aromatic rings. The maximum absolute atomic E-state index is 12.3. The highest BCUT2D eigenvalue weighted by molar-refractivity contribution is 5.93. The zero-order valence-electron chi connectivity index (χ0n) is 15.0. The lowest BCUT2D eigenvalue weighted by molar-refractivity contribution is -0.117. The molecule has 0 aliphatic heterocycles. The van der Waals surface area contributed by atoms with Gasteiger partial charge in [-0.2, -0.15) is 0 Å². The molecule has 0 saturated heterocycles. The van der Waals surface area contributed by atoms with Crippen molar-refractivity contribution >= 4 is 11.6 Å². The zero-order valence-corrected chi connectivity index (χ0v) is 15.0. The van der Waals surface area contributed by atoms with Crippen molar-refractivity contribution in [1.82, 2.24) is 4.90 Å². The normalized spacial score (nSPS) is 12.2. The molecule has 0 aromatic heterocycles. The predicted molar refractivity (Wildman–Crippen MR) is 99.7 cm³/mol. The lowest BCUT2D eigenvalue weighted by Gasteiger charge is -2.23. The van der Waals surface area contributed by atoms with Crippen molar-refractivity contribution in [3.63, 3.8) is 0 Å². The molecule has 0 fully saturated rings. The molecule has 0 bridgehead atoms. The molecule has 0 unspecified atom stereocenters. The number of carbonyl (C=O) groups is 1. The Kier molecular flexibility index (Phi) is 6.56. The Morgan fingerprint density at radius 2 is 1.96 bits per heavy atom. The van der Waals surface area contributed by atoms with Crippen LogP contribution < -0.4 is 5.32 Å². The smallest absolute Gasteiger partial charge is 0.238 e. The van der Waals surface area contributed by atoms with Gasteiger partial charge in [0.05, 0.1) is 12.6 Å². The van der Waals surface area contributed by atoms with Crippen molar-refractivity contribution in [2.75, 3.05) is 25.0 Å². The molecule has 5 heteroatoms. The van der Waals surface area contributed by atoms with Crippen LogP contribution in [0.3, 0.4) is 0 Å². The fraction of sp³-hybridized carbons (Fsp3) is 0.350. The molecular formula is C20H26N2O3. The molecule has 0 radical (unpaired) electrons. The van der Waals surface area contributed by atoms with E-state index >= 15 is 0 Å². The number of hydrogen-bond acceptors (Lipinski definition) is 4. The fourth-order valence-corrected chi connectivity index (χ4v) is 2.65. The van der Waals surface area contributed by atoms with Crippen LogP contribution in [0.5, 0.6) is 5.75 Å². The molecule has 0 saturated carbocycles. The maximum atomic E-state index is 12.3. The zero-order chi connectivity index (χ0) is 18.4. The first-order valence-electron chi connectivity index (χ1n) is 8.45. The summed E-state index contributed by atoms with van der Waals surface area (Å²) < 4.78 is 0. The molecule has 25 heavy (non-hydrogen) atoms. The van der Waals surface area contributed by atoms with Crippen LogP contribution in [0.15, 0.2) is 42.5 Å².